The number of nitrogens with zero attached hydrogens (tertiary/aromatic N) is 4. The molecule has 1 amide bonds. The highest BCUT2D eigenvalue weighted by Crippen LogP contribution is 2.43. The molecule has 39 heavy (non-hydrogen) atoms. The van der Waals surface area contributed by atoms with E-state index in [1.165, 1.54) is 12.3 Å². The molecule has 0 bridgehead atoms. The summed E-state index contributed by atoms with van der Waals surface area (Å²) in [4.78, 5) is 24.0. The molecule has 224 valence electrons. The lowest BCUT2D eigenvalue weighted by Gasteiger charge is -2.48. The van der Waals surface area contributed by atoms with Gasteiger partial charge in [-0.3, -0.25) is 19.6 Å². The summed E-state index contributed by atoms with van der Waals surface area (Å²) in [6, 6.07) is 1.72. The van der Waals surface area contributed by atoms with Crippen molar-refractivity contribution in [1.29, 1.82) is 0 Å². The van der Waals surface area contributed by atoms with E-state index in [1.54, 1.807) is 11.8 Å². The van der Waals surface area contributed by atoms with Crippen molar-refractivity contribution < 1.29 is 23.4 Å². The number of hydrogen-bond acceptors (Lipinski definition) is 7. The van der Waals surface area contributed by atoms with Gasteiger partial charge in [-0.2, -0.15) is 8.78 Å². The third kappa shape index (κ3) is 7.20. The third-order valence-electron chi connectivity index (χ3n) is 8.21. The number of halogens is 4. The first-order valence-corrected chi connectivity index (χ1v) is 13.5. The van der Waals surface area contributed by atoms with Gasteiger partial charge in [0.1, 0.15) is 5.69 Å². The molecule has 8 nitrogen and oxygen atoms in total. The van der Waals surface area contributed by atoms with Crippen molar-refractivity contribution in [2.45, 2.75) is 76.4 Å². The number of morpholine rings is 1. The van der Waals surface area contributed by atoms with Gasteiger partial charge in [0.05, 0.1) is 37.6 Å². The summed E-state index contributed by atoms with van der Waals surface area (Å²) in [5, 5.41) is 13.6. The molecule has 4 heterocycles. The monoisotopic (exact) mass is 595 g/mol. The van der Waals surface area contributed by atoms with Crippen LogP contribution in [0.25, 0.3) is 0 Å². The second kappa shape index (κ2) is 13.2. The minimum atomic E-state index is -3.03. The number of ether oxygens (including phenoxy) is 1. The topological polar surface area (TPSA) is 81.2 Å². The van der Waals surface area contributed by atoms with E-state index >= 15 is 0 Å². The Morgan fingerprint density at radius 1 is 1.31 bits per heavy atom. The largest absolute Gasteiger partial charge is 0.394 e. The maximum atomic E-state index is 14.7. The first kappa shape index (κ1) is 34.1. The lowest BCUT2D eigenvalue weighted by Crippen LogP contribution is -2.65. The van der Waals surface area contributed by atoms with E-state index in [9.17, 15) is 18.7 Å². The smallest absolute Gasteiger partial charge is 0.289 e. The number of hydrogen-bond donors (Lipinski definition) is 2. The molecule has 0 spiro atoms. The number of aliphatic hydroxyl groups is 1. The molecule has 0 radical (unpaired) electrons. The maximum Gasteiger partial charge on any atom is 0.289 e. The maximum absolute atomic E-state index is 14.7. The zero-order valence-corrected chi connectivity index (χ0v) is 25.3. The van der Waals surface area contributed by atoms with Gasteiger partial charge in [-0.1, -0.05) is 27.2 Å². The van der Waals surface area contributed by atoms with E-state index in [4.69, 9.17) is 4.74 Å². The fourth-order valence-corrected chi connectivity index (χ4v) is 5.82. The Morgan fingerprint density at radius 2 is 2.03 bits per heavy atom. The number of pyridine rings is 1. The molecule has 0 aliphatic carbocycles. The van der Waals surface area contributed by atoms with Crippen molar-refractivity contribution in [3.63, 3.8) is 0 Å². The van der Waals surface area contributed by atoms with Crippen LogP contribution in [0.4, 0.5) is 14.5 Å². The Balaban J connectivity index is 0.00000267. The molecule has 0 aromatic carbocycles. The standard InChI is InChI=1S/C27H43F2N5O3.2ClH/c1-6-7-27(28,29)23-10-22-21(12-31-23)25(3,4)16-34(22)24(36)15-32-13-19(2)30-11-20(32)14-33-8-9-37-18-26(33,5)17-35;;/h10,12,19-20,30,35H,6-9,11,13-18H2,1-5H3;2*1H/t19-,20-,26-;;/m1../s1. The summed E-state index contributed by atoms with van der Waals surface area (Å²) in [7, 11) is 0. The van der Waals surface area contributed by atoms with E-state index in [0.717, 1.165) is 18.7 Å². The summed E-state index contributed by atoms with van der Waals surface area (Å²) in [5.74, 6) is -3.12. The van der Waals surface area contributed by atoms with Gasteiger partial charge in [-0.15, -0.1) is 24.8 Å². The Labute approximate surface area is 243 Å². The van der Waals surface area contributed by atoms with Crippen LogP contribution in [0.3, 0.4) is 0 Å². The molecular weight excluding hydrogens is 551 g/mol. The second-order valence-electron chi connectivity index (χ2n) is 12.0. The molecule has 2 saturated heterocycles. The van der Waals surface area contributed by atoms with Crippen LogP contribution in [0.1, 0.15) is 58.7 Å². The molecule has 1 aromatic heterocycles. The van der Waals surface area contributed by atoms with E-state index in [0.29, 0.717) is 45.0 Å². The number of carbonyl (C=O) groups is 1. The average Bonchev–Trinajstić information content (AvgIpc) is 3.12. The summed E-state index contributed by atoms with van der Waals surface area (Å²) in [6.45, 7) is 14.5. The number of alkyl halides is 2. The van der Waals surface area contributed by atoms with Gasteiger partial charge in [-0.05, 0) is 19.9 Å². The number of aromatic nitrogens is 1. The quantitative estimate of drug-likeness (QED) is 0.478. The van der Waals surface area contributed by atoms with Gasteiger partial charge in [-0.25, -0.2) is 0 Å². The molecule has 3 atom stereocenters. The number of anilines is 1. The lowest BCUT2D eigenvalue weighted by atomic mass is 9.88. The minimum absolute atomic E-state index is 0. The van der Waals surface area contributed by atoms with Crippen molar-refractivity contribution in [3.05, 3.63) is 23.5 Å². The van der Waals surface area contributed by atoms with Crippen LogP contribution in [0.5, 0.6) is 0 Å². The van der Waals surface area contributed by atoms with Crippen LogP contribution in [0, 0.1) is 0 Å². The highest BCUT2D eigenvalue weighted by atomic mass is 35.5. The number of aliphatic hydroxyl groups excluding tert-OH is 1. The van der Waals surface area contributed by atoms with Crippen molar-refractivity contribution in [3.8, 4) is 0 Å². The van der Waals surface area contributed by atoms with Crippen molar-refractivity contribution in [1.82, 2.24) is 20.1 Å². The summed E-state index contributed by atoms with van der Waals surface area (Å²) in [6.07, 6.45) is 1.61. The minimum Gasteiger partial charge on any atom is -0.394 e. The van der Waals surface area contributed by atoms with Crippen molar-refractivity contribution >= 4 is 36.4 Å². The zero-order valence-electron chi connectivity index (χ0n) is 23.7. The van der Waals surface area contributed by atoms with Crippen LogP contribution in [0.2, 0.25) is 0 Å². The van der Waals surface area contributed by atoms with Gasteiger partial charge in [0.25, 0.3) is 5.92 Å². The fraction of sp³-hybridized carbons (Fsp3) is 0.778. The van der Waals surface area contributed by atoms with Gasteiger partial charge >= 0.3 is 0 Å². The zero-order chi connectivity index (χ0) is 27.0. The highest BCUT2D eigenvalue weighted by Gasteiger charge is 2.43. The number of carbonyl (C=O) groups excluding carboxylic acids is 1. The summed E-state index contributed by atoms with van der Waals surface area (Å²) in [5.41, 5.74) is 0.282. The van der Waals surface area contributed by atoms with Crippen molar-refractivity contribution in [2.75, 3.05) is 64.0 Å². The lowest BCUT2D eigenvalue weighted by molar-refractivity contribution is -0.122. The molecule has 2 fully saturated rings. The number of piperazine rings is 1. The molecule has 3 aliphatic heterocycles. The first-order valence-electron chi connectivity index (χ1n) is 13.5. The predicted molar refractivity (Wildman–Crippen MR) is 154 cm³/mol. The van der Waals surface area contributed by atoms with E-state index in [2.05, 4.69) is 27.0 Å². The SMILES string of the molecule is CCCC(F)(F)c1cc2c(cn1)C(C)(C)CN2C(=O)CN1C[C@@H](C)NC[C@@H]1CN1CCOC[C@@]1(C)CO.Cl.Cl. The molecular formula is C27H45Cl2F2N5O3. The van der Waals surface area contributed by atoms with Crippen LogP contribution >= 0.6 is 24.8 Å². The van der Waals surface area contributed by atoms with Crippen LogP contribution in [-0.4, -0.2) is 103 Å². The number of fused-ring (bicyclic) bond motifs is 1. The molecule has 4 rings (SSSR count). The second-order valence-corrected chi connectivity index (χ2v) is 12.0. The van der Waals surface area contributed by atoms with Crippen LogP contribution in [-0.2, 0) is 20.9 Å². The summed E-state index contributed by atoms with van der Waals surface area (Å²) < 4.78 is 35.1. The third-order valence-corrected chi connectivity index (χ3v) is 8.21. The number of nitrogens with one attached hydrogen (secondary N) is 1. The van der Waals surface area contributed by atoms with Crippen LogP contribution < -0.4 is 10.2 Å². The molecule has 0 saturated carbocycles. The number of rotatable bonds is 8. The van der Waals surface area contributed by atoms with Gasteiger partial charge in [0.2, 0.25) is 5.91 Å². The highest BCUT2D eigenvalue weighted by molar-refractivity contribution is 5.97. The normalized spacial score (nSPS) is 27.4. The Morgan fingerprint density at radius 3 is 2.69 bits per heavy atom. The number of amides is 1. The fourth-order valence-electron chi connectivity index (χ4n) is 5.82. The van der Waals surface area contributed by atoms with Gasteiger partial charge < -0.3 is 20.1 Å². The van der Waals surface area contributed by atoms with E-state index < -0.39 is 11.5 Å². The Bertz CT molecular complexity index is 989. The van der Waals surface area contributed by atoms with Crippen LogP contribution in [0.15, 0.2) is 12.3 Å². The Hall–Kier alpha value is -1.14. The van der Waals surface area contributed by atoms with Gasteiger partial charge in [0.15, 0.2) is 0 Å². The average molecular weight is 597 g/mol. The molecule has 1 aromatic rings. The Kier molecular flexibility index (Phi) is 11.6. The molecule has 12 heteroatoms. The first-order chi connectivity index (χ1) is 17.4. The van der Waals surface area contributed by atoms with E-state index in [-0.39, 0.29) is 73.5 Å². The predicted octanol–water partition coefficient (Wildman–Crippen LogP) is 3.19. The van der Waals surface area contributed by atoms with Crippen molar-refractivity contribution in [2.24, 2.45) is 0 Å². The molecule has 2 N–H and O–H groups in total. The molecule has 0 unspecified atom stereocenters. The van der Waals surface area contributed by atoms with E-state index in [1.807, 2.05) is 20.8 Å². The summed E-state index contributed by atoms with van der Waals surface area (Å²) >= 11 is 0. The molecule has 3 aliphatic rings. The van der Waals surface area contributed by atoms with Gasteiger partial charge in [0, 0.05) is 68.4 Å².